The molecule has 2 rings (SSSR count). The first-order chi connectivity index (χ1) is 12.5. The van der Waals surface area contributed by atoms with E-state index in [-0.39, 0.29) is 23.6 Å². The van der Waals surface area contributed by atoms with Crippen molar-refractivity contribution in [1.29, 1.82) is 0 Å². The Morgan fingerprint density at radius 1 is 1.23 bits per heavy atom. The molecule has 0 spiro atoms. The summed E-state index contributed by atoms with van der Waals surface area (Å²) < 4.78 is 10.3. The van der Waals surface area contributed by atoms with Crippen molar-refractivity contribution < 1.29 is 18.7 Å². The van der Waals surface area contributed by atoms with Crippen molar-refractivity contribution >= 4 is 17.9 Å². The molecule has 138 valence electrons. The van der Waals surface area contributed by atoms with E-state index in [0.717, 1.165) is 12.8 Å². The monoisotopic (exact) mass is 356 g/mol. The largest absolute Gasteiger partial charge is 0.497 e. The van der Waals surface area contributed by atoms with E-state index >= 15 is 0 Å². The van der Waals surface area contributed by atoms with Crippen LogP contribution in [0.4, 0.5) is 0 Å². The van der Waals surface area contributed by atoms with Gasteiger partial charge in [-0.2, -0.15) is 0 Å². The standard InChI is InChI=1S/C20H24N2O4/c1-4-6-14(2)21-20(24)18(13-17-7-5-12-26-17)22-19(23)15-8-10-16(25-3)11-9-15/h5,7-14H,4,6H2,1-3H3,(H,21,24)(H,22,23)/b18-13-/t14-/m1/s1. The first kappa shape index (κ1) is 19.3. The lowest BCUT2D eigenvalue weighted by Crippen LogP contribution is -2.39. The molecule has 0 bridgehead atoms. The summed E-state index contributed by atoms with van der Waals surface area (Å²) in [6.07, 6.45) is 4.82. The van der Waals surface area contributed by atoms with E-state index in [2.05, 4.69) is 10.6 Å². The molecule has 1 atom stereocenters. The molecule has 0 radical (unpaired) electrons. The number of carbonyl (C=O) groups is 2. The van der Waals surface area contributed by atoms with Crippen LogP contribution >= 0.6 is 0 Å². The maximum Gasteiger partial charge on any atom is 0.268 e. The number of methoxy groups -OCH3 is 1. The summed E-state index contributed by atoms with van der Waals surface area (Å²) in [7, 11) is 1.56. The van der Waals surface area contributed by atoms with Gasteiger partial charge in [0.15, 0.2) is 0 Å². The van der Waals surface area contributed by atoms with E-state index in [1.165, 1.54) is 12.3 Å². The quantitative estimate of drug-likeness (QED) is 0.711. The number of furan rings is 1. The number of ether oxygens (including phenoxy) is 1. The predicted octanol–water partition coefficient (Wildman–Crippen LogP) is 3.36. The van der Waals surface area contributed by atoms with Gasteiger partial charge in [0.05, 0.1) is 13.4 Å². The summed E-state index contributed by atoms with van der Waals surface area (Å²) in [5.41, 5.74) is 0.550. The van der Waals surface area contributed by atoms with Crippen molar-refractivity contribution in [2.24, 2.45) is 0 Å². The van der Waals surface area contributed by atoms with Crippen LogP contribution in [0.25, 0.3) is 6.08 Å². The minimum Gasteiger partial charge on any atom is -0.497 e. The van der Waals surface area contributed by atoms with Crippen LogP contribution in [0.15, 0.2) is 52.8 Å². The lowest BCUT2D eigenvalue weighted by atomic mass is 10.1. The number of hydrogen-bond acceptors (Lipinski definition) is 4. The van der Waals surface area contributed by atoms with Crippen molar-refractivity contribution in [3.63, 3.8) is 0 Å². The molecule has 2 amide bonds. The summed E-state index contributed by atoms with van der Waals surface area (Å²) >= 11 is 0. The van der Waals surface area contributed by atoms with E-state index in [4.69, 9.17) is 9.15 Å². The molecule has 26 heavy (non-hydrogen) atoms. The zero-order valence-electron chi connectivity index (χ0n) is 15.2. The molecule has 2 N–H and O–H groups in total. The van der Waals surface area contributed by atoms with Gasteiger partial charge in [-0.05, 0) is 49.7 Å². The highest BCUT2D eigenvalue weighted by atomic mass is 16.5. The van der Waals surface area contributed by atoms with Gasteiger partial charge >= 0.3 is 0 Å². The Morgan fingerprint density at radius 3 is 2.54 bits per heavy atom. The normalized spacial score (nSPS) is 12.3. The number of carbonyl (C=O) groups excluding carboxylic acids is 2. The predicted molar refractivity (Wildman–Crippen MR) is 99.7 cm³/mol. The van der Waals surface area contributed by atoms with Crippen LogP contribution in [0.5, 0.6) is 5.75 Å². The van der Waals surface area contributed by atoms with Gasteiger partial charge in [0.1, 0.15) is 17.2 Å². The van der Waals surface area contributed by atoms with Gasteiger partial charge in [-0.1, -0.05) is 13.3 Å². The highest BCUT2D eigenvalue weighted by Gasteiger charge is 2.17. The van der Waals surface area contributed by atoms with Gasteiger partial charge in [-0.15, -0.1) is 0 Å². The van der Waals surface area contributed by atoms with Crippen LogP contribution in [0.2, 0.25) is 0 Å². The molecule has 2 aromatic rings. The van der Waals surface area contributed by atoms with Crippen molar-refractivity contribution in [2.75, 3.05) is 7.11 Å². The number of amides is 2. The van der Waals surface area contributed by atoms with Crippen LogP contribution in [-0.2, 0) is 4.79 Å². The molecular weight excluding hydrogens is 332 g/mol. The first-order valence-electron chi connectivity index (χ1n) is 8.55. The lowest BCUT2D eigenvalue weighted by molar-refractivity contribution is -0.118. The molecule has 0 aliphatic rings. The second-order valence-electron chi connectivity index (χ2n) is 5.92. The minimum atomic E-state index is -0.385. The Hall–Kier alpha value is -3.02. The van der Waals surface area contributed by atoms with E-state index in [9.17, 15) is 9.59 Å². The summed E-state index contributed by atoms with van der Waals surface area (Å²) in [6, 6.07) is 10.1. The summed E-state index contributed by atoms with van der Waals surface area (Å²) in [6.45, 7) is 3.98. The molecule has 0 saturated heterocycles. The molecule has 1 aromatic heterocycles. The van der Waals surface area contributed by atoms with Crippen LogP contribution < -0.4 is 15.4 Å². The topological polar surface area (TPSA) is 80.6 Å². The molecule has 0 fully saturated rings. The molecule has 6 nitrogen and oxygen atoms in total. The summed E-state index contributed by atoms with van der Waals surface area (Å²) in [5.74, 6) is 0.389. The Bertz CT molecular complexity index is 749. The third-order valence-electron chi connectivity index (χ3n) is 3.77. The van der Waals surface area contributed by atoms with Gasteiger partial charge < -0.3 is 19.8 Å². The molecule has 0 saturated carbocycles. The van der Waals surface area contributed by atoms with Crippen LogP contribution in [0.1, 0.15) is 42.8 Å². The van der Waals surface area contributed by atoms with Gasteiger partial charge in [0.25, 0.3) is 11.8 Å². The van der Waals surface area contributed by atoms with Crippen LogP contribution in [0.3, 0.4) is 0 Å². The van der Waals surface area contributed by atoms with Crippen molar-refractivity contribution in [1.82, 2.24) is 10.6 Å². The summed E-state index contributed by atoms with van der Waals surface area (Å²) in [4.78, 5) is 25.1. The first-order valence-corrected chi connectivity index (χ1v) is 8.55. The van der Waals surface area contributed by atoms with E-state index in [0.29, 0.717) is 17.1 Å². The van der Waals surface area contributed by atoms with E-state index < -0.39 is 0 Å². The fourth-order valence-electron chi connectivity index (χ4n) is 2.42. The molecule has 1 heterocycles. The molecule has 1 aromatic carbocycles. The second-order valence-corrected chi connectivity index (χ2v) is 5.92. The Labute approximate surface area is 153 Å². The average Bonchev–Trinajstić information content (AvgIpc) is 3.14. The lowest BCUT2D eigenvalue weighted by Gasteiger charge is -2.15. The Kier molecular flexibility index (Phi) is 7.02. The van der Waals surface area contributed by atoms with E-state index in [1.54, 1.807) is 43.5 Å². The minimum absolute atomic E-state index is 0.00499. The smallest absolute Gasteiger partial charge is 0.268 e. The fraction of sp³-hybridized carbons (Fsp3) is 0.300. The van der Waals surface area contributed by atoms with Crippen molar-refractivity contribution in [3.8, 4) is 5.75 Å². The summed E-state index contributed by atoms with van der Waals surface area (Å²) in [5, 5.41) is 5.55. The van der Waals surface area contributed by atoms with Gasteiger partial charge in [0, 0.05) is 17.7 Å². The third kappa shape index (κ3) is 5.51. The van der Waals surface area contributed by atoms with Crippen molar-refractivity contribution in [2.45, 2.75) is 32.7 Å². The fourth-order valence-corrected chi connectivity index (χ4v) is 2.42. The van der Waals surface area contributed by atoms with Gasteiger partial charge in [-0.3, -0.25) is 9.59 Å². The van der Waals surface area contributed by atoms with Crippen LogP contribution in [0, 0.1) is 0 Å². The zero-order chi connectivity index (χ0) is 18.9. The maximum atomic E-state index is 12.6. The number of rotatable bonds is 8. The third-order valence-corrected chi connectivity index (χ3v) is 3.77. The highest BCUT2D eigenvalue weighted by molar-refractivity contribution is 6.05. The second kappa shape index (κ2) is 9.46. The van der Waals surface area contributed by atoms with Crippen LogP contribution in [-0.4, -0.2) is 25.0 Å². The Balaban J connectivity index is 2.17. The van der Waals surface area contributed by atoms with Gasteiger partial charge in [-0.25, -0.2) is 0 Å². The Morgan fingerprint density at radius 2 is 1.96 bits per heavy atom. The number of benzene rings is 1. The molecular formula is C20H24N2O4. The number of hydrogen-bond donors (Lipinski definition) is 2. The molecule has 0 aliphatic carbocycles. The highest BCUT2D eigenvalue weighted by Crippen LogP contribution is 2.12. The average molecular weight is 356 g/mol. The zero-order valence-corrected chi connectivity index (χ0v) is 15.2. The van der Waals surface area contributed by atoms with E-state index in [1.807, 2.05) is 13.8 Å². The van der Waals surface area contributed by atoms with Gasteiger partial charge in [0.2, 0.25) is 0 Å². The van der Waals surface area contributed by atoms with Crippen molar-refractivity contribution in [3.05, 3.63) is 59.7 Å². The molecule has 0 unspecified atom stereocenters. The SMILES string of the molecule is CCC[C@@H](C)NC(=O)/C(=C/c1ccco1)NC(=O)c1ccc(OC)cc1. The molecule has 6 heteroatoms. The molecule has 0 aliphatic heterocycles. The maximum absolute atomic E-state index is 12.6. The number of nitrogens with one attached hydrogen (secondary N) is 2.